The molecule has 0 saturated heterocycles. The highest BCUT2D eigenvalue weighted by Crippen LogP contribution is 2.19. The first-order valence-corrected chi connectivity index (χ1v) is 5.91. The van der Waals surface area contributed by atoms with Gasteiger partial charge in [-0.05, 0) is 16.2 Å². The molecule has 0 fully saturated rings. The van der Waals surface area contributed by atoms with Crippen molar-refractivity contribution in [2.45, 2.75) is 26.2 Å². The molecule has 0 radical (unpaired) electrons. The second-order valence-electron chi connectivity index (χ2n) is 4.34. The van der Waals surface area contributed by atoms with Crippen molar-refractivity contribution in [3.8, 4) is 0 Å². The molecule has 0 N–H and O–H groups in total. The summed E-state index contributed by atoms with van der Waals surface area (Å²) in [5, 5.41) is 1.43. The lowest BCUT2D eigenvalue weighted by Gasteiger charge is -2.22. The SMILES string of the molecule is CO[SiH2]c1ccccc1C(C)(C)C. The average molecular weight is 194 g/mol. The Bertz CT molecular complexity index is 276. The van der Waals surface area contributed by atoms with Crippen LogP contribution in [0.1, 0.15) is 26.3 Å². The fourth-order valence-electron chi connectivity index (χ4n) is 1.53. The zero-order valence-electron chi connectivity index (χ0n) is 8.92. The van der Waals surface area contributed by atoms with Crippen LogP contribution in [-0.2, 0) is 9.84 Å². The van der Waals surface area contributed by atoms with Gasteiger partial charge in [0, 0.05) is 7.11 Å². The van der Waals surface area contributed by atoms with Crippen LogP contribution >= 0.6 is 0 Å². The van der Waals surface area contributed by atoms with Crippen LogP contribution in [0, 0.1) is 0 Å². The molecule has 1 aromatic rings. The van der Waals surface area contributed by atoms with E-state index in [1.54, 1.807) is 7.11 Å². The van der Waals surface area contributed by atoms with Crippen molar-refractivity contribution in [3.05, 3.63) is 29.8 Å². The van der Waals surface area contributed by atoms with Crippen LogP contribution in [0.5, 0.6) is 0 Å². The summed E-state index contributed by atoms with van der Waals surface area (Å²) in [6.07, 6.45) is 0. The Morgan fingerprint density at radius 3 is 2.31 bits per heavy atom. The van der Waals surface area contributed by atoms with Crippen LogP contribution in [-0.4, -0.2) is 16.9 Å². The first-order valence-electron chi connectivity index (χ1n) is 4.63. The van der Waals surface area contributed by atoms with Gasteiger partial charge in [-0.15, -0.1) is 0 Å². The highest BCUT2D eigenvalue weighted by molar-refractivity contribution is 6.47. The minimum absolute atomic E-state index is 0.238. The molecular weight excluding hydrogens is 176 g/mol. The number of rotatable bonds is 2. The van der Waals surface area contributed by atoms with E-state index in [1.807, 2.05) is 0 Å². The van der Waals surface area contributed by atoms with Gasteiger partial charge in [0.25, 0.3) is 0 Å². The fourth-order valence-corrected chi connectivity index (χ4v) is 2.88. The highest BCUT2D eigenvalue weighted by atomic mass is 28.2. The molecule has 0 saturated carbocycles. The minimum atomic E-state index is -0.510. The van der Waals surface area contributed by atoms with Crippen LogP contribution in [0.3, 0.4) is 0 Å². The summed E-state index contributed by atoms with van der Waals surface area (Å²) in [6, 6.07) is 8.60. The number of benzene rings is 1. The summed E-state index contributed by atoms with van der Waals surface area (Å²) in [7, 11) is 1.29. The largest absolute Gasteiger partial charge is 0.422 e. The maximum Gasteiger partial charge on any atom is 0.192 e. The minimum Gasteiger partial charge on any atom is -0.422 e. The van der Waals surface area contributed by atoms with Gasteiger partial charge in [0.15, 0.2) is 9.76 Å². The third-order valence-electron chi connectivity index (χ3n) is 2.13. The summed E-state index contributed by atoms with van der Waals surface area (Å²) < 4.78 is 5.30. The molecule has 0 bridgehead atoms. The zero-order valence-corrected chi connectivity index (χ0v) is 10.3. The van der Waals surface area contributed by atoms with E-state index in [2.05, 4.69) is 45.0 Å². The number of hydrogen-bond acceptors (Lipinski definition) is 1. The van der Waals surface area contributed by atoms with Crippen molar-refractivity contribution in [2.75, 3.05) is 7.11 Å². The van der Waals surface area contributed by atoms with E-state index in [-0.39, 0.29) is 5.41 Å². The van der Waals surface area contributed by atoms with Crippen molar-refractivity contribution >= 4 is 14.9 Å². The van der Waals surface area contributed by atoms with Gasteiger partial charge in [-0.1, -0.05) is 45.0 Å². The smallest absolute Gasteiger partial charge is 0.192 e. The molecule has 0 heterocycles. The predicted octanol–water partition coefficient (Wildman–Crippen LogP) is 1.34. The van der Waals surface area contributed by atoms with Crippen molar-refractivity contribution in [2.24, 2.45) is 0 Å². The van der Waals surface area contributed by atoms with Crippen molar-refractivity contribution < 1.29 is 4.43 Å². The third kappa shape index (κ3) is 2.67. The molecule has 0 aromatic heterocycles. The molecule has 0 aliphatic rings. The van der Waals surface area contributed by atoms with Gasteiger partial charge < -0.3 is 4.43 Å². The van der Waals surface area contributed by atoms with E-state index in [0.717, 1.165) is 0 Å². The Balaban J connectivity index is 3.05. The normalized spacial score (nSPS) is 12.6. The quantitative estimate of drug-likeness (QED) is 0.646. The van der Waals surface area contributed by atoms with E-state index < -0.39 is 9.76 Å². The van der Waals surface area contributed by atoms with Gasteiger partial charge in [-0.2, -0.15) is 0 Å². The van der Waals surface area contributed by atoms with E-state index in [1.165, 1.54) is 10.8 Å². The fraction of sp³-hybridized carbons (Fsp3) is 0.455. The lowest BCUT2D eigenvalue weighted by Crippen LogP contribution is -2.28. The van der Waals surface area contributed by atoms with E-state index in [0.29, 0.717) is 0 Å². The van der Waals surface area contributed by atoms with Crippen molar-refractivity contribution in [3.63, 3.8) is 0 Å². The molecule has 0 unspecified atom stereocenters. The summed E-state index contributed by atoms with van der Waals surface area (Å²) in [5.74, 6) is 0. The molecule has 1 aromatic carbocycles. The summed E-state index contributed by atoms with van der Waals surface area (Å²) in [6.45, 7) is 6.74. The van der Waals surface area contributed by atoms with Gasteiger partial charge in [0.1, 0.15) is 0 Å². The van der Waals surface area contributed by atoms with Crippen LogP contribution in [0.4, 0.5) is 0 Å². The van der Waals surface area contributed by atoms with Crippen molar-refractivity contribution in [1.29, 1.82) is 0 Å². The Morgan fingerprint density at radius 2 is 1.77 bits per heavy atom. The Labute approximate surface area is 83.1 Å². The Morgan fingerprint density at radius 1 is 1.15 bits per heavy atom. The Hall–Kier alpha value is -0.603. The summed E-state index contributed by atoms with van der Waals surface area (Å²) in [4.78, 5) is 0. The highest BCUT2D eigenvalue weighted by Gasteiger charge is 2.16. The third-order valence-corrected chi connectivity index (χ3v) is 3.34. The molecule has 72 valence electrons. The maximum absolute atomic E-state index is 5.30. The molecule has 0 atom stereocenters. The van der Waals surface area contributed by atoms with Gasteiger partial charge >= 0.3 is 0 Å². The summed E-state index contributed by atoms with van der Waals surface area (Å²) >= 11 is 0. The molecule has 0 aliphatic carbocycles. The van der Waals surface area contributed by atoms with Gasteiger partial charge in [0.05, 0.1) is 0 Å². The Kier molecular flexibility index (Phi) is 3.28. The topological polar surface area (TPSA) is 9.23 Å². The second-order valence-corrected chi connectivity index (χ2v) is 5.97. The van der Waals surface area contributed by atoms with Crippen LogP contribution in [0.25, 0.3) is 0 Å². The van der Waals surface area contributed by atoms with Gasteiger partial charge in [-0.3, -0.25) is 0 Å². The average Bonchev–Trinajstić information content (AvgIpc) is 2.04. The first-order chi connectivity index (χ1) is 6.05. The molecule has 13 heavy (non-hydrogen) atoms. The van der Waals surface area contributed by atoms with Gasteiger partial charge in [0.2, 0.25) is 0 Å². The van der Waals surface area contributed by atoms with E-state index >= 15 is 0 Å². The van der Waals surface area contributed by atoms with Crippen molar-refractivity contribution in [1.82, 2.24) is 0 Å². The van der Waals surface area contributed by atoms with Crippen LogP contribution in [0.2, 0.25) is 0 Å². The molecule has 0 spiro atoms. The lowest BCUT2D eigenvalue weighted by molar-refractivity contribution is 0.449. The molecule has 0 aliphatic heterocycles. The monoisotopic (exact) mass is 194 g/mol. The standard InChI is InChI=1S/C11H18OSi/c1-11(2,3)9-7-5-6-8-10(9)13-12-4/h5-8H,13H2,1-4H3. The predicted molar refractivity (Wildman–Crippen MR) is 60.3 cm³/mol. The van der Waals surface area contributed by atoms with Crippen LogP contribution < -0.4 is 5.19 Å². The molecule has 0 amide bonds. The van der Waals surface area contributed by atoms with Gasteiger partial charge in [-0.25, -0.2) is 0 Å². The maximum atomic E-state index is 5.30. The van der Waals surface area contributed by atoms with E-state index in [9.17, 15) is 0 Å². The second kappa shape index (κ2) is 4.07. The molecule has 2 heteroatoms. The zero-order chi connectivity index (χ0) is 9.90. The molecule has 1 rings (SSSR count). The molecular formula is C11H18OSi. The number of hydrogen-bond donors (Lipinski definition) is 0. The van der Waals surface area contributed by atoms with E-state index in [4.69, 9.17) is 4.43 Å². The first kappa shape index (κ1) is 10.5. The molecule has 1 nitrogen and oxygen atoms in total. The van der Waals surface area contributed by atoms with Crippen LogP contribution in [0.15, 0.2) is 24.3 Å². The lowest BCUT2D eigenvalue weighted by atomic mass is 9.87. The summed E-state index contributed by atoms with van der Waals surface area (Å²) in [5.41, 5.74) is 1.67.